The van der Waals surface area contributed by atoms with Gasteiger partial charge in [-0.3, -0.25) is 0 Å². The normalized spacial score (nSPS) is 10.6. The molecule has 3 aromatic carbocycles. The van der Waals surface area contributed by atoms with Crippen LogP contribution in [-0.2, 0) is 19.6 Å². The van der Waals surface area contributed by atoms with Crippen molar-refractivity contribution in [1.29, 1.82) is 0 Å². The zero-order chi connectivity index (χ0) is 18.9. The van der Waals surface area contributed by atoms with Gasteiger partial charge in [-0.05, 0) is 54.8 Å². The number of hydrogen-bond acceptors (Lipinski definition) is 3. The monoisotopic (exact) mass is 361 g/mol. The van der Waals surface area contributed by atoms with Crippen LogP contribution in [0.3, 0.4) is 0 Å². The molecule has 0 saturated carbocycles. The second kappa shape index (κ2) is 9.79. The molecule has 3 heteroatoms. The number of nitrogens with one attached hydrogen (secondary N) is 1. The Morgan fingerprint density at radius 3 is 2.44 bits per heavy atom. The maximum atomic E-state index is 5.88. The highest BCUT2D eigenvalue weighted by Gasteiger charge is 2.02. The molecule has 0 fully saturated rings. The molecule has 0 aliphatic rings. The van der Waals surface area contributed by atoms with Crippen molar-refractivity contribution in [2.45, 2.75) is 26.5 Å². The van der Waals surface area contributed by atoms with E-state index in [4.69, 9.17) is 9.47 Å². The Morgan fingerprint density at radius 1 is 0.852 bits per heavy atom. The van der Waals surface area contributed by atoms with Gasteiger partial charge < -0.3 is 14.8 Å². The van der Waals surface area contributed by atoms with Crippen molar-refractivity contribution >= 4 is 0 Å². The summed E-state index contributed by atoms with van der Waals surface area (Å²) in [4.78, 5) is 0. The predicted octanol–water partition coefficient (Wildman–Crippen LogP) is 4.91. The van der Waals surface area contributed by atoms with Crippen molar-refractivity contribution in [1.82, 2.24) is 5.32 Å². The summed E-state index contributed by atoms with van der Waals surface area (Å²) in [5, 5.41) is 3.49. The molecule has 0 heterocycles. The van der Waals surface area contributed by atoms with Gasteiger partial charge in [0.15, 0.2) is 0 Å². The summed E-state index contributed by atoms with van der Waals surface area (Å²) >= 11 is 0. The Kier molecular flexibility index (Phi) is 6.89. The van der Waals surface area contributed by atoms with E-state index >= 15 is 0 Å². The number of rotatable bonds is 9. The molecule has 140 valence electrons. The molecule has 3 rings (SSSR count). The van der Waals surface area contributed by atoms with Crippen molar-refractivity contribution in [3.8, 4) is 11.5 Å². The Balaban J connectivity index is 1.42. The van der Waals surface area contributed by atoms with Crippen molar-refractivity contribution in [3.63, 3.8) is 0 Å². The zero-order valence-corrected chi connectivity index (χ0v) is 16.1. The summed E-state index contributed by atoms with van der Waals surface area (Å²) in [6.45, 7) is 4.44. The van der Waals surface area contributed by atoms with Crippen LogP contribution in [0.4, 0.5) is 0 Å². The van der Waals surface area contributed by atoms with Crippen molar-refractivity contribution < 1.29 is 9.47 Å². The van der Waals surface area contributed by atoms with E-state index < -0.39 is 0 Å². The minimum absolute atomic E-state index is 0.595. The number of methoxy groups -OCH3 is 1. The molecule has 3 aromatic rings. The Labute approximate surface area is 162 Å². The largest absolute Gasteiger partial charge is 0.496 e. The average molecular weight is 361 g/mol. The highest BCUT2D eigenvalue weighted by molar-refractivity contribution is 5.33. The van der Waals surface area contributed by atoms with E-state index in [2.05, 4.69) is 54.7 Å². The lowest BCUT2D eigenvalue weighted by Gasteiger charge is -2.10. The standard InChI is InChI=1S/C24H27NO2/c1-19-6-5-7-21(16-19)18-27-23-12-10-20(11-13-23)17-25-15-14-22-8-3-4-9-24(22)26-2/h3-13,16,25H,14-15,17-18H2,1-2H3. The van der Waals surface area contributed by atoms with Crippen LogP contribution in [0.15, 0.2) is 72.8 Å². The number of hydrogen-bond donors (Lipinski definition) is 1. The maximum Gasteiger partial charge on any atom is 0.122 e. The third-order valence-electron chi connectivity index (χ3n) is 4.50. The van der Waals surface area contributed by atoms with Gasteiger partial charge in [0.25, 0.3) is 0 Å². The minimum Gasteiger partial charge on any atom is -0.496 e. The Bertz CT molecular complexity index is 843. The minimum atomic E-state index is 0.595. The van der Waals surface area contributed by atoms with E-state index in [0.29, 0.717) is 6.61 Å². The number of ether oxygens (including phenoxy) is 2. The topological polar surface area (TPSA) is 30.5 Å². The lowest BCUT2D eigenvalue weighted by molar-refractivity contribution is 0.306. The van der Waals surface area contributed by atoms with E-state index in [1.807, 2.05) is 30.3 Å². The van der Waals surface area contributed by atoms with Crippen LogP contribution in [0, 0.1) is 6.92 Å². The number of para-hydroxylation sites is 1. The second-order valence-electron chi connectivity index (χ2n) is 6.66. The molecule has 0 aliphatic heterocycles. The summed E-state index contributed by atoms with van der Waals surface area (Å²) in [7, 11) is 1.72. The molecule has 0 amide bonds. The van der Waals surface area contributed by atoms with Crippen LogP contribution in [0.25, 0.3) is 0 Å². The molecule has 0 aliphatic carbocycles. The first-order valence-corrected chi connectivity index (χ1v) is 9.34. The Hall–Kier alpha value is -2.78. The molecule has 0 aromatic heterocycles. The van der Waals surface area contributed by atoms with Crippen LogP contribution in [-0.4, -0.2) is 13.7 Å². The number of aryl methyl sites for hydroxylation is 1. The van der Waals surface area contributed by atoms with E-state index in [1.54, 1.807) is 7.11 Å². The quantitative estimate of drug-likeness (QED) is 0.549. The molecule has 0 bridgehead atoms. The highest BCUT2D eigenvalue weighted by atomic mass is 16.5. The van der Waals surface area contributed by atoms with Crippen LogP contribution in [0.5, 0.6) is 11.5 Å². The number of benzene rings is 3. The lowest BCUT2D eigenvalue weighted by Crippen LogP contribution is -2.16. The molecule has 1 N–H and O–H groups in total. The lowest BCUT2D eigenvalue weighted by atomic mass is 10.1. The van der Waals surface area contributed by atoms with Gasteiger partial charge in [-0.2, -0.15) is 0 Å². The third kappa shape index (κ3) is 5.87. The highest BCUT2D eigenvalue weighted by Crippen LogP contribution is 2.18. The van der Waals surface area contributed by atoms with Gasteiger partial charge in [0, 0.05) is 6.54 Å². The first kappa shape index (κ1) is 19.0. The second-order valence-corrected chi connectivity index (χ2v) is 6.66. The fraction of sp³-hybridized carbons (Fsp3) is 0.250. The van der Waals surface area contributed by atoms with Crippen LogP contribution in [0.1, 0.15) is 22.3 Å². The molecule has 0 saturated heterocycles. The van der Waals surface area contributed by atoms with E-state index in [9.17, 15) is 0 Å². The molecule has 0 spiro atoms. The smallest absolute Gasteiger partial charge is 0.122 e. The van der Waals surface area contributed by atoms with Gasteiger partial charge in [-0.25, -0.2) is 0 Å². The van der Waals surface area contributed by atoms with E-state index in [0.717, 1.165) is 31.0 Å². The molecule has 0 unspecified atom stereocenters. The zero-order valence-electron chi connectivity index (χ0n) is 16.1. The van der Waals surface area contributed by atoms with Gasteiger partial charge in [0.1, 0.15) is 18.1 Å². The molecule has 27 heavy (non-hydrogen) atoms. The maximum absolute atomic E-state index is 5.88. The molecular weight excluding hydrogens is 334 g/mol. The van der Waals surface area contributed by atoms with Crippen LogP contribution < -0.4 is 14.8 Å². The molecule has 3 nitrogen and oxygen atoms in total. The summed E-state index contributed by atoms with van der Waals surface area (Å²) in [5.41, 5.74) is 4.92. The summed E-state index contributed by atoms with van der Waals surface area (Å²) in [6.07, 6.45) is 0.946. The van der Waals surface area contributed by atoms with E-state index in [-0.39, 0.29) is 0 Å². The molecule has 0 atom stereocenters. The van der Waals surface area contributed by atoms with Crippen LogP contribution in [0.2, 0.25) is 0 Å². The van der Waals surface area contributed by atoms with Crippen LogP contribution >= 0.6 is 0 Å². The molecular formula is C24H27NO2. The van der Waals surface area contributed by atoms with Crippen molar-refractivity contribution in [2.75, 3.05) is 13.7 Å². The fourth-order valence-electron chi connectivity index (χ4n) is 3.04. The van der Waals surface area contributed by atoms with Gasteiger partial charge in [-0.15, -0.1) is 0 Å². The van der Waals surface area contributed by atoms with Gasteiger partial charge in [0.2, 0.25) is 0 Å². The van der Waals surface area contributed by atoms with Gasteiger partial charge in [0.05, 0.1) is 7.11 Å². The first-order valence-electron chi connectivity index (χ1n) is 9.34. The first-order chi connectivity index (χ1) is 13.2. The summed E-state index contributed by atoms with van der Waals surface area (Å²) in [5.74, 6) is 1.85. The summed E-state index contributed by atoms with van der Waals surface area (Å²) < 4.78 is 11.3. The average Bonchev–Trinajstić information content (AvgIpc) is 2.71. The van der Waals surface area contributed by atoms with Gasteiger partial charge in [-0.1, -0.05) is 60.2 Å². The predicted molar refractivity (Wildman–Crippen MR) is 110 cm³/mol. The van der Waals surface area contributed by atoms with Gasteiger partial charge >= 0.3 is 0 Å². The third-order valence-corrected chi connectivity index (χ3v) is 4.50. The van der Waals surface area contributed by atoms with Crippen molar-refractivity contribution in [2.24, 2.45) is 0 Å². The fourth-order valence-corrected chi connectivity index (χ4v) is 3.04. The van der Waals surface area contributed by atoms with E-state index in [1.165, 1.54) is 22.3 Å². The Morgan fingerprint density at radius 2 is 1.67 bits per heavy atom. The van der Waals surface area contributed by atoms with Crippen molar-refractivity contribution in [3.05, 3.63) is 95.1 Å². The molecule has 0 radical (unpaired) electrons. The SMILES string of the molecule is COc1ccccc1CCNCc1ccc(OCc2cccc(C)c2)cc1. The summed E-state index contributed by atoms with van der Waals surface area (Å²) in [6, 6.07) is 24.9.